The van der Waals surface area contributed by atoms with Crippen LogP contribution in [0.5, 0.6) is 0 Å². The second-order valence-electron chi connectivity index (χ2n) is 7.32. The van der Waals surface area contributed by atoms with Gasteiger partial charge < -0.3 is 5.32 Å². The predicted molar refractivity (Wildman–Crippen MR) is 131 cm³/mol. The van der Waals surface area contributed by atoms with Gasteiger partial charge in [-0.15, -0.1) is 0 Å². The number of amidine groups is 1. The highest BCUT2D eigenvalue weighted by Crippen LogP contribution is 2.32. The van der Waals surface area contributed by atoms with Crippen molar-refractivity contribution in [1.29, 1.82) is 0 Å². The van der Waals surface area contributed by atoms with Crippen LogP contribution in [-0.2, 0) is 16.0 Å². The lowest BCUT2D eigenvalue weighted by atomic mass is 10.1. The average molecular weight is 464 g/mol. The van der Waals surface area contributed by atoms with E-state index in [9.17, 15) is 9.59 Å². The molecule has 4 rings (SSSR count). The molecule has 0 saturated carbocycles. The molecule has 0 aromatic heterocycles. The minimum atomic E-state index is -0.521. The number of nitrogens with one attached hydrogen (secondary N) is 1. The molecule has 7 heteroatoms. The van der Waals surface area contributed by atoms with Crippen LogP contribution in [0.15, 0.2) is 89.9 Å². The molecule has 1 saturated heterocycles. The quantitative estimate of drug-likeness (QED) is 0.500. The lowest BCUT2D eigenvalue weighted by molar-refractivity contribution is -0.128. The molecule has 0 spiro atoms. The smallest absolute Gasteiger partial charge is 0.242 e. The van der Waals surface area contributed by atoms with Crippen LogP contribution in [0.1, 0.15) is 12.0 Å². The SMILES string of the molecule is O=C(C[C@H]1SC(=Nc2ccccc2)N(CCc2ccccc2)C1=O)Nc1cccc(Cl)c1. The van der Waals surface area contributed by atoms with Crippen molar-refractivity contribution in [2.24, 2.45) is 4.99 Å². The summed E-state index contributed by atoms with van der Waals surface area (Å²) in [6.07, 6.45) is 0.772. The van der Waals surface area contributed by atoms with Crippen LogP contribution in [0, 0.1) is 0 Å². The molecule has 32 heavy (non-hydrogen) atoms. The summed E-state index contributed by atoms with van der Waals surface area (Å²) in [7, 11) is 0. The fourth-order valence-corrected chi connectivity index (χ4v) is 4.75. The van der Waals surface area contributed by atoms with Gasteiger partial charge in [0, 0.05) is 23.7 Å². The predicted octanol–water partition coefficient (Wildman–Crippen LogP) is 5.54. The highest BCUT2D eigenvalue weighted by atomic mass is 35.5. The third kappa shape index (κ3) is 5.78. The van der Waals surface area contributed by atoms with Crippen molar-refractivity contribution < 1.29 is 9.59 Å². The van der Waals surface area contributed by atoms with Gasteiger partial charge >= 0.3 is 0 Å². The third-order valence-corrected chi connectivity index (χ3v) is 6.36. The van der Waals surface area contributed by atoms with Crippen molar-refractivity contribution >= 4 is 51.7 Å². The number of anilines is 1. The standard InChI is InChI=1S/C25H22ClN3O2S/c26-19-10-7-13-21(16-19)27-23(30)17-22-24(31)29(15-14-18-8-3-1-4-9-18)25(32-22)28-20-11-5-2-6-12-20/h1-13,16,22H,14-15,17H2,(H,27,30)/t22-/m1/s1. The number of carbonyl (C=O) groups is 2. The summed E-state index contributed by atoms with van der Waals surface area (Å²) in [6, 6.07) is 26.5. The molecule has 3 aromatic carbocycles. The van der Waals surface area contributed by atoms with Crippen molar-refractivity contribution in [3.05, 3.63) is 95.5 Å². The largest absolute Gasteiger partial charge is 0.326 e. The molecule has 162 valence electrons. The summed E-state index contributed by atoms with van der Waals surface area (Å²) in [5.74, 6) is -0.330. The zero-order chi connectivity index (χ0) is 22.3. The Kier molecular flexibility index (Phi) is 7.24. The maximum Gasteiger partial charge on any atom is 0.242 e. The zero-order valence-electron chi connectivity index (χ0n) is 17.3. The van der Waals surface area contributed by atoms with Gasteiger partial charge in [0.2, 0.25) is 11.8 Å². The van der Waals surface area contributed by atoms with E-state index < -0.39 is 5.25 Å². The Morgan fingerprint density at radius 1 is 1.00 bits per heavy atom. The number of amides is 2. The van der Waals surface area contributed by atoms with Crippen LogP contribution in [-0.4, -0.2) is 33.7 Å². The number of nitrogens with zero attached hydrogens (tertiary/aromatic N) is 2. The number of rotatable bonds is 7. The van der Waals surface area contributed by atoms with E-state index in [4.69, 9.17) is 16.6 Å². The molecule has 3 aromatic rings. The maximum absolute atomic E-state index is 13.2. The average Bonchev–Trinajstić information content (AvgIpc) is 3.07. The van der Waals surface area contributed by atoms with Crippen LogP contribution in [0.25, 0.3) is 0 Å². The van der Waals surface area contributed by atoms with Crippen LogP contribution >= 0.6 is 23.4 Å². The molecular weight excluding hydrogens is 442 g/mol. The number of para-hydroxylation sites is 1. The normalized spacial score (nSPS) is 17.0. The number of thioether (sulfide) groups is 1. The monoisotopic (exact) mass is 463 g/mol. The van der Waals surface area contributed by atoms with Crippen LogP contribution in [0.2, 0.25) is 5.02 Å². The highest BCUT2D eigenvalue weighted by Gasteiger charge is 2.39. The Balaban J connectivity index is 1.49. The van der Waals surface area contributed by atoms with E-state index in [0.717, 1.165) is 11.3 Å². The molecule has 0 radical (unpaired) electrons. The molecule has 1 heterocycles. The summed E-state index contributed by atoms with van der Waals surface area (Å²) in [5.41, 5.74) is 2.53. The van der Waals surface area contributed by atoms with E-state index in [1.165, 1.54) is 11.8 Å². The molecule has 1 aliphatic rings. The van der Waals surface area contributed by atoms with Gasteiger partial charge in [-0.1, -0.05) is 78.0 Å². The first-order valence-corrected chi connectivity index (χ1v) is 11.6. The topological polar surface area (TPSA) is 61.8 Å². The second-order valence-corrected chi connectivity index (χ2v) is 8.93. The van der Waals surface area contributed by atoms with Crippen molar-refractivity contribution in [3.8, 4) is 0 Å². The van der Waals surface area contributed by atoms with Crippen LogP contribution in [0.4, 0.5) is 11.4 Å². The van der Waals surface area contributed by atoms with E-state index in [0.29, 0.717) is 28.8 Å². The molecule has 2 amide bonds. The minimum Gasteiger partial charge on any atom is -0.326 e. The fraction of sp³-hybridized carbons (Fsp3) is 0.160. The van der Waals surface area contributed by atoms with Gasteiger partial charge in [0.15, 0.2) is 5.17 Å². The van der Waals surface area contributed by atoms with Crippen molar-refractivity contribution in [3.63, 3.8) is 0 Å². The first-order valence-electron chi connectivity index (χ1n) is 10.3. The number of benzene rings is 3. The first-order chi connectivity index (χ1) is 15.6. The summed E-state index contributed by atoms with van der Waals surface area (Å²) < 4.78 is 0. The summed E-state index contributed by atoms with van der Waals surface area (Å²) in [5, 5.41) is 3.46. The van der Waals surface area contributed by atoms with E-state index >= 15 is 0 Å². The molecule has 5 nitrogen and oxygen atoms in total. The van der Waals surface area contributed by atoms with Crippen LogP contribution in [0.3, 0.4) is 0 Å². The van der Waals surface area contributed by atoms with Gasteiger partial charge in [0.25, 0.3) is 0 Å². The Hall–Kier alpha value is -3.09. The van der Waals surface area contributed by atoms with Gasteiger partial charge in [-0.3, -0.25) is 14.5 Å². The lowest BCUT2D eigenvalue weighted by Gasteiger charge is -2.16. The van der Waals surface area contributed by atoms with Gasteiger partial charge in [-0.2, -0.15) is 0 Å². The number of aliphatic imine (C=N–C) groups is 1. The highest BCUT2D eigenvalue weighted by molar-refractivity contribution is 8.15. The van der Waals surface area contributed by atoms with Crippen molar-refractivity contribution in [2.45, 2.75) is 18.1 Å². The Bertz CT molecular complexity index is 1120. The summed E-state index contributed by atoms with van der Waals surface area (Å²) in [6.45, 7) is 0.508. The molecule has 0 bridgehead atoms. The number of hydrogen-bond acceptors (Lipinski definition) is 4. The molecule has 1 N–H and O–H groups in total. The molecule has 1 atom stereocenters. The maximum atomic E-state index is 13.2. The lowest BCUT2D eigenvalue weighted by Crippen LogP contribution is -2.35. The van der Waals surface area contributed by atoms with Crippen molar-refractivity contribution in [1.82, 2.24) is 4.90 Å². The molecule has 1 aliphatic heterocycles. The first kappa shape index (κ1) is 22.1. The Morgan fingerprint density at radius 3 is 2.44 bits per heavy atom. The molecule has 1 fully saturated rings. The molecule has 0 aliphatic carbocycles. The van der Waals surface area contributed by atoms with Crippen LogP contribution < -0.4 is 5.32 Å². The number of carbonyl (C=O) groups excluding carboxylic acids is 2. The summed E-state index contributed by atoms with van der Waals surface area (Å²) in [4.78, 5) is 32.2. The Labute approximate surface area is 196 Å². The van der Waals surface area contributed by atoms with Gasteiger partial charge in [-0.25, -0.2) is 4.99 Å². The molecule has 0 unspecified atom stereocenters. The van der Waals surface area contributed by atoms with E-state index in [1.807, 2.05) is 60.7 Å². The fourth-order valence-electron chi connectivity index (χ4n) is 3.38. The Morgan fingerprint density at radius 2 is 1.72 bits per heavy atom. The number of halogens is 1. The van der Waals surface area contributed by atoms with Crippen molar-refractivity contribution in [2.75, 3.05) is 11.9 Å². The molecular formula is C25H22ClN3O2S. The van der Waals surface area contributed by atoms with E-state index in [-0.39, 0.29) is 18.2 Å². The van der Waals surface area contributed by atoms with E-state index in [1.54, 1.807) is 29.2 Å². The zero-order valence-corrected chi connectivity index (χ0v) is 18.9. The second kappa shape index (κ2) is 10.5. The van der Waals surface area contributed by atoms with Gasteiger partial charge in [0.1, 0.15) is 5.25 Å². The van der Waals surface area contributed by atoms with Gasteiger partial charge in [0.05, 0.1) is 5.69 Å². The van der Waals surface area contributed by atoms with E-state index in [2.05, 4.69) is 5.32 Å². The minimum absolute atomic E-state index is 0.0612. The van der Waals surface area contributed by atoms with Gasteiger partial charge in [-0.05, 0) is 42.3 Å². The third-order valence-electron chi connectivity index (χ3n) is 4.95. The summed E-state index contributed by atoms with van der Waals surface area (Å²) >= 11 is 7.33. The number of hydrogen-bond donors (Lipinski definition) is 1.